The van der Waals surface area contributed by atoms with Crippen molar-refractivity contribution in [3.05, 3.63) is 35.9 Å². The van der Waals surface area contributed by atoms with Gasteiger partial charge in [0.15, 0.2) is 6.29 Å². The van der Waals surface area contributed by atoms with Crippen LogP contribution in [0, 0.1) is 0 Å². The molecular formula is C21H29NO12. The van der Waals surface area contributed by atoms with Crippen LogP contribution in [0.4, 0.5) is 0 Å². The lowest BCUT2D eigenvalue weighted by Gasteiger charge is -2.44. The Kier molecular flexibility index (Phi) is 8.92. The van der Waals surface area contributed by atoms with Gasteiger partial charge in [-0.3, -0.25) is 4.79 Å². The minimum absolute atomic E-state index is 0.186. The standard InChI is InChI=1S/C21H29NO12/c1-9(25)22-13-14(27)18(33-21-16(29)15(28)17(32-21)11(26)7-23)12(8-24)31-20(13)34-19(30)10-5-3-2-4-6-10/h2-6,11-18,20-21,23-24,26-29H,7-8H2,1H3,(H,22,25). The van der Waals surface area contributed by atoms with E-state index in [9.17, 15) is 35.1 Å². The molecule has 13 heteroatoms. The Morgan fingerprint density at radius 1 is 1.03 bits per heavy atom. The number of aliphatic hydroxyl groups is 6. The number of esters is 1. The molecule has 0 bridgehead atoms. The zero-order chi connectivity index (χ0) is 25.0. The van der Waals surface area contributed by atoms with Gasteiger partial charge in [0.1, 0.15) is 48.8 Å². The highest BCUT2D eigenvalue weighted by atomic mass is 16.7. The molecule has 7 N–H and O–H groups in total. The van der Waals surface area contributed by atoms with E-state index in [4.69, 9.17) is 24.1 Å². The van der Waals surface area contributed by atoms with E-state index in [-0.39, 0.29) is 5.56 Å². The number of carbonyl (C=O) groups is 2. The third kappa shape index (κ3) is 5.71. The van der Waals surface area contributed by atoms with Crippen LogP contribution < -0.4 is 5.32 Å². The van der Waals surface area contributed by atoms with Crippen molar-refractivity contribution in [2.24, 2.45) is 0 Å². The molecule has 0 aliphatic carbocycles. The first-order chi connectivity index (χ1) is 16.2. The van der Waals surface area contributed by atoms with Gasteiger partial charge in [-0.2, -0.15) is 0 Å². The highest BCUT2D eigenvalue weighted by molar-refractivity contribution is 5.89. The Labute approximate surface area is 194 Å². The topological polar surface area (TPSA) is 204 Å². The Morgan fingerprint density at radius 2 is 1.71 bits per heavy atom. The zero-order valence-electron chi connectivity index (χ0n) is 18.2. The number of hydrogen-bond donors (Lipinski definition) is 7. The predicted octanol–water partition coefficient (Wildman–Crippen LogP) is -3.39. The molecule has 10 atom stereocenters. The summed E-state index contributed by atoms with van der Waals surface area (Å²) in [4.78, 5) is 24.2. The second-order valence-corrected chi connectivity index (χ2v) is 8.01. The lowest BCUT2D eigenvalue weighted by Crippen LogP contribution is -2.66. The van der Waals surface area contributed by atoms with Crippen LogP contribution in [0.1, 0.15) is 17.3 Å². The molecule has 1 aromatic carbocycles. The van der Waals surface area contributed by atoms with Gasteiger partial charge in [-0.1, -0.05) is 18.2 Å². The van der Waals surface area contributed by atoms with E-state index in [1.807, 2.05) is 0 Å². The van der Waals surface area contributed by atoms with E-state index in [0.29, 0.717) is 0 Å². The predicted molar refractivity (Wildman–Crippen MR) is 110 cm³/mol. The van der Waals surface area contributed by atoms with Crippen LogP contribution in [0.5, 0.6) is 0 Å². The third-order valence-electron chi connectivity index (χ3n) is 5.57. The van der Waals surface area contributed by atoms with Crippen LogP contribution >= 0.6 is 0 Å². The van der Waals surface area contributed by atoms with Crippen molar-refractivity contribution < 1.29 is 59.2 Å². The maximum Gasteiger partial charge on any atom is 0.340 e. The van der Waals surface area contributed by atoms with E-state index < -0.39 is 86.4 Å². The number of rotatable bonds is 8. The fourth-order valence-corrected chi connectivity index (χ4v) is 3.83. The van der Waals surface area contributed by atoms with E-state index in [1.54, 1.807) is 18.2 Å². The Hall–Kier alpha value is -2.20. The molecule has 2 heterocycles. The van der Waals surface area contributed by atoms with Gasteiger partial charge >= 0.3 is 5.97 Å². The smallest absolute Gasteiger partial charge is 0.340 e. The summed E-state index contributed by atoms with van der Waals surface area (Å²) in [5.74, 6) is -1.39. The van der Waals surface area contributed by atoms with Crippen molar-refractivity contribution in [2.75, 3.05) is 13.2 Å². The molecule has 0 radical (unpaired) electrons. The Balaban J connectivity index is 1.78. The minimum atomic E-state index is -1.68. The second-order valence-electron chi connectivity index (χ2n) is 8.01. The molecule has 0 aromatic heterocycles. The molecular weight excluding hydrogens is 458 g/mol. The van der Waals surface area contributed by atoms with Crippen molar-refractivity contribution in [3.8, 4) is 0 Å². The molecule has 190 valence electrons. The Bertz CT molecular complexity index is 825. The van der Waals surface area contributed by atoms with E-state index in [0.717, 1.165) is 6.92 Å². The molecule has 2 aliphatic heterocycles. The van der Waals surface area contributed by atoms with E-state index in [1.165, 1.54) is 12.1 Å². The maximum absolute atomic E-state index is 12.5. The summed E-state index contributed by atoms with van der Waals surface area (Å²) in [6.07, 6.45) is -13.6. The monoisotopic (exact) mass is 487 g/mol. The van der Waals surface area contributed by atoms with Crippen LogP contribution in [0.3, 0.4) is 0 Å². The van der Waals surface area contributed by atoms with Gasteiger partial charge in [-0.05, 0) is 12.1 Å². The SMILES string of the molecule is CC(=O)NC1C(OC(=O)c2ccccc2)OC(CO)C(OC2OC(C(O)CO)C(O)C2O)C1O. The van der Waals surface area contributed by atoms with Crippen molar-refractivity contribution in [2.45, 2.75) is 68.3 Å². The molecule has 1 aromatic rings. The molecule has 0 saturated carbocycles. The molecule has 10 unspecified atom stereocenters. The van der Waals surface area contributed by atoms with Gasteiger partial charge < -0.3 is 54.9 Å². The summed E-state index contributed by atoms with van der Waals surface area (Å²) in [6, 6.07) is 6.57. The van der Waals surface area contributed by atoms with E-state index >= 15 is 0 Å². The highest BCUT2D eigenvalue weighted by Crippen LogP contribution is 2.31. The molecule has 2 fully saturated rings. The molecule has 34 heavy (non-hydrogen) atoms. The first-order valence-electron chi connectivity index (χ1n) is 10.6. The number of nitrogens with one attached hydrogen (secondary N) is 1. The number of carbonyl (C=O) groups excluding carboxylic acids is 2. The number of ether oxygens (including phenoxy) is 4. The molecule has 2 saturated heterocycles. The minimum Gasteiger partial charge on any atom is -0.430 e. The quantitative estimate of drug-likeness (QED) is 0.179. The van der Waals surface area contributed by atoms with Crippen molar-refractivity contribution in [3.63, 3.8) is 0 Å². The van der Waals surface area contributed by atoms with Gasteiger partial charge in [0.05, 0.1) is 18.8 Å². The average molecular weight is 487 g/mol. The lowest BCUT2D eigenvalue weighted by molar-refractivity contribution is -0.299. The number of amides is 1. The molecule has 1 amide bonds. The van der Waals surface area contributed by atoms with Gasteiger partial charge in [-0.25, -0.2) is 4.79 Å². The number of benzene rings is 1. The van der Waals surface area contributed by atoms with Crippen LogP contribution in [-0.2, 0) is 23.7 Å². The fraction of sp³-hybridized carbons (Fsp3) is 0.619. The molecule has 0 spiro atoms. The van der Waals surface area contributed by atoms with Gasteiger partial charge in [-0.15, -0.1) is 0 Å². The third-order valence-corrected chi connectivity index (χ3v) is 5.57. The lowest BCUT2D eigenvalue weighted by atomic mass is 9.96. The van der Waals surface area contributed by atoms with Gasteiger partial charge in [0.2, 0.25) is 12.2 Å². The largest absolute Gasteiger partial charge is 0.430 e. The molecule has 13 nitrogen and oxygen atoms in total. The average Bonchev–Trinajstić information content (AvgIpc) is 3.11. The second kappa shape index (κ2) is 11.5. The van der Waals surface area contributed by atoms with Crippen molar-refractivity contribution >= 4 is 11.9 Å². The summed E-state index contributed by atoms with van der Waals surface area (Å²) in [5, 5.41) is 62.4. The first-order valence-corrected chi connectivity index (χ1v) is 10.6. The van der Waals surface area contributed by atoms with E-state index in [2.05, 4.69) is 5.32 Å². The summed E-state index contributed by atoms with van der Waals surface area (Å²) in [6.45, 7) is -0.311. The van der Waals surface area contributed by atoms with Crippen LogP contribution in [0.25, 0.3) is 0 Å². The zero-order valence-corrected chi connectivity index (χ0v) is 18.2. The summed E-state index contributed by atoms with van der Waals surface area (Å²) >= 11 is 0. The molecule has 3 rings (SSSR count). The molecule has 2 aliphatic rings. The van der Waals surface area contributed by atoms with Crippen molar-refractivity contribution in [1.29, 1.82) is 0 Å². The maximum atomic E-state index is 12.5. The van der Waals surface area contributed by atoms with Crippen LogP contribution in [-0.4, -0.2) is 117 Å². The highest BCUT2D eigenvalue weighted by Gasteiger charge is 2.53. The van der Waals surface area contributed by atoms with Crippen LogP contribution in [0.2, 0.25) is 0 Å². The van der Waals surface area contributed by atoms with Gasteiger partial charge in [0, 0.05) is 6.92 Å². The summed E-state index contributed by atoms with van der Waals surface area (Å²) < 4.78 is 21.8. The normalized spacial score (nSPS) is 36.6. The summed E-state index contributed by atoms with van der Waals surface area (Å²) in [7, 11) is 0. The van der Waals surface area contributed by atoms with Gasteiger partial charge in [0.25, 0.3) is 0 Å². The van der Waals surface area contributed by atoms with Crippen LogP contribution in [0.15, 0.2) is 30.3 Å². The van der Waals surface area contributed by atoms with Crippen molar-refractivity contribution in [1.82, 2.24) is 5.32 Å². The fourth-order valence-electron chi connectivity index (χ4n) is 3.83. The first kappa shape index (κ1) is 26.4. The number of hydrogen-bond acceptors (Lipinski definition) is 12. The Morgan fingerprint density at radius 3 is 2.29 bits per heavy atom. The summed E-state index contributed by atoms with van der Waals surface area (Å²) in [5.41, 5.74) is 0.186. The number of aliphatic hydroxyl groups excluding tert-OH is 6.